The molecule has 2 rings (SSSR count). The Labute approximate surface area is 118 Å². The molecule has 0 saturated carbocycles. The molecule has 0 unspecified atom stereocenters. The minimum absolute atomic E-state index is 0.163. The van der Waals surface area contributed by atoms with E-state index in [2.05, 4.69) is 22.1 Å². The standard InChI is InChI=1S/C14H21N5O/c1-3-7-19(11-13-15-6-8-18(13)2)14(20)5-4-12-9-16-17-10-12/h6,8-10H,3-5,7,11H2,1-2H3,(H,16,17). The van der Waals surface area contributed by atoms with Crippen molar-refractivity contribution in [3.05, 3.63) is 36.2 Å². The lowest BCUT2D eigenvalue weighted by Gasteiger charge is -2.21. The third kappa shape index (κ3) is 3.69. The number of rotatable bonds is 7. The fourth-order valence-electron chi connectivity index (χ4n) is 2.11. The van der Waals surface area contributed by atoms with Gasteiger partial charge in [-0.05, 0) is 18.4 Å². The van der Waals surface area contributed by atoms with E-state index in [0.29, 0.717) is 13.0 Å². The largest absolute Gasteiger partial charge is 0.337 e. The molecule has 1 amide bonds. The van der Waals surface area contributed by atoms with Crippen molar-refractivity contribution in [1.29, 1.82) is 0 Å². The van der Waals surface area contributed by atoms with Gasteiger partial charge in [-0.2, -0.15) is 5.10 Å². The van der Waals surface area contributed by atoms with Crippen LogP contribution in [-0.2, 0) is 24.8 Å². The Morgan fingerprint density at radius 2 is 2.35 bits per heavy atom. The molecule has 20 heavy (non-hydrogen) atoms. The summed E-state index contributed by atoms with van der Waals surface area (Å²) in [6.45, 7) is 3.41. The van der Waals surface area contributed by atoms with Crippen LogP contribution in [0.4, 0.5) is 0 Å². The minimum Gasteiger partial charge on any atom is -0.337 e. The molecule has 0 aliphatic heterocycles. The third-order valence-corrected chi connectivity index (χ3v) is 3.28. The molecular formula is C14H21N5O. The van der Waals surface area contributed by atoms with E-state index in [0.717, 1.165) is 30.8 Å². The SMILES string of the molecule is CCCN(Cc1nccn1C)C(=O)CCc1cn[nH]c1. The van der Waals surface area contributed by atoms with Crippen LogP contribution in [0.2, 0.25) is 0 Å². The van der Waals surface area contributed by atoms with Crippen LogP contribution in [0.1, 0.15) is 31.2 Å². The molecule has 0 saturated heterocycles. The first-order valence-electron chi connectivity index (χ1n) is 6.92. The van der Waals surface area contributed by atoms with E-state index in [1.165, 1.54) is 0 Å². The van der Waals surface area contributed by atoms with Crippen LogP contribution in [0.3, 0.4) is 0 Å². The van der Waals surface area contributed by atoms with Crippen molar-refractivity contribution in [1.82, 2.24) is 24.6 Å². The quantitative estimate of drug-likeness (QED) is 0.833. The van der Waals surface area contributed by atoms with Crippen LogP contribution in [0.15, 0.2) is 24.8 Å². The van der Waals surface area contributed by atoms with Gasteiger partial charge in [0.05, 0.1) is 12.7 Å². The number of hydrogen-bond donors (Lipinski definition) is 1. The zero-order valence-electron chi connectivity index (χ0n) is 12.0. The van der Waals surface area contributed by atoms with Crippen LogP contribution in [0, 0.1) is 0 Å². The number of nitrogens with one attached hydrogen (secondary N) is 1. The number of imidazole rings is 1. The van der Waals surface area contributed by atoms with Gasteiger partial charge in [0, 0.05) is 38.6 Å². The van der Waals surface area contributed by atoms with Crippen LogP contribution < -0.4 is 0 Å². The predicted molar refractivity (Wildman–Crippen MR) is 75.8 cm³/mol. The summed E-state index contributed by atoms with van der Waals surface area (Å²) in [6, 6.07) is 0. The zero-order chi connectivity index (χ0) is 14.4. The lowest BCUT2D eigenvalue weighted by atomic mass is 10.2. The van der Waals surface area contributed by atoms with Crippen molar-refractivity contribution in [2.24, 2.45) is 7.05 Å². The summed E-state index contributed by atoms with van der Waals surface area (Å²) in [7, 11) is 1.95. The highest BCUT2D eigenvalue weighted by molar-refractivity contribution is 5.76. The Kier molecular flexibility index (Phi) is 4.92. The number of aromatic nitrogens is 4. The summed E-state index contributed by atoms with van der Waals surface area (Å²) in [5.74, 6) is 1.08. The summed E-state index contributed by atoms with van der Waals surface area (Å²) >= 11 is 0. The highest BCUT2D eigenvalue weighted by Gasteiger charge is 2.15. The molecule has 108 valence electrons. The molecule has 0 radical (unpaired) electrons. The first-order chi connectivity index (χ1) is 9.70. The van der Waals surface area contributed by atoms with Gasteiger partial charge in [-0.1, -0.05) is 6.92 Å². The molecule has 0 aliphatic carbocycles. The number of carbonyl (C=O) groups is 1. The molecule has 0 fully saturated rings. The lowest BCUT2D eigenvalue weighted by molar-refractivity contribution is -0.132. The number of hydrogen-bond acceptors (Lipinski definition) is 3. The lowest BCUT2D eigenvalue weighted by Crippen LogP contribution is -2.32. The van der Waals surface area contributed by atoms with Crippen molar-refractivity contribution in [3.63, 3.8) is 0 Å². The number of aryl methyl sites for hydroxylation is 2. The van der Waals surface area contributed by atoms with Gasteiger partial charge in [0.1, 0.15) is 5.82 Å². The van der Waals surface area contributed by atoms with E-state index < -0.39 is 0 Å². The van der Waals surface area contributed by atoms with Crippen LogP contribution in [0.25, 0.3) is 0 Å². The Bertz CT molecular complexity index is 532. The Balaban J connectivity index is 1.93. The Morgan fingerprint density at radius 3 is 2.95 bits per heavy atom. The summed E-state index contributed by atoms with van der Waals surface area (Å²) in [5.41, 5.74) is 1.06. The van der Waals surface area contributed by atoms with Gasteiger partial charge in [-0.3, -0.25) is 9.89 Å². The van der Waals surface area contributed by atoms with Crippen molar-refractivity contribution in [3.8, 4) is 0 Å². The molecule has 1 N–H and O–H groups in total. The third-order valence-electron chi connectivity index (χ3n) is 3.28. The van der Waals surface area contributed by atoms with E-state index in [1.807, 2.05) is 28.9 Å². The molecular weight excluding hydrogens is 254 g/mol. The summed E-state index contributed by atoms with van der Waals surface area (Å²) in [5, 5.41) is 6.65. The maximum absolute atomic E-state index is 12.3. The van der Waals surface area contributed by atoms with Gasteiger partial charge in [0.15, 0.2) is 0 Å². The maximum atomic E-state index is 12.3. The van der Waals surface area contributed by atoms with Gasteiger partial charge in [-0.15, -0.1) is 0 Å². The smallest absolute Gasteiger partial charge is 0.223 e. The van der Waals surface area contributed by atoms with E-state index in [1.54, 1.807) is 12.4 Å². The topological polar surface area (TPSA) is 66.8 Å². The van der Waals surface area contributed by atoms with Crippen LogP contribution in [0.5, 0.6) is 0 Å². The van der Waals surface area contributed by atoms with Gasteiger partial charge < -0.3 is 9.47 Å². The molecule has 0 atom stereocenters. The van der Waals surface area contributed by atoms with Crippen molar-refractivity contribution in [2.75, 3.05) is 6.54 Å². The molecule has 6 heteroatoms. The zero-order valence-corrected chi connectivity index (χ0v) is 12.0. The van der Waals surface area contributed by atoms with E-state index in [4.69, 9.17) is 0 Å². The normalized spacial score (nSPS) is 10.7. The fourth-order valence-corrected chi connectivity index (χ4v) is 2.11. The van der Waals surface area contributed by atoms with Crippen molar-refractivity contribution < 1.29 is 4.79 Å². The molecule has 0 aromatic carbocycles. The average Bonchev–Trinajstić information content (AvgIpc) is 3.08. The molecule has 0 spiro atoms. The maximum Gasteiger partial charge on any atom is 0.223 e. The number of H-pyrrole nitrogens is 1. The minimum atomic E-state index is 0.163. The highest BCUT2D eigenvalue weighted by atomic mass is 16.2. The molecule has 2 heterocycles. The highest BCUT2D eigenvalue weighted by Crippen LogP contribution is 2.07. The second-order valence-electron chi connectivity index (χ2n) is 4.88. The summed E-state index contributed by atoms with van der Waals surface area (Å²) < 4.78 is 1.95. The number of nitrogens with zero attached hydrogens (tertiary/aromatic N) is 4. The van der Waals surface area contributed by atoms with Gasteiger partial charge in [0.2, 0.25) is 5.91 Å². The predicted octanol–water partition coefficient (Wildman–Crippen LogP) is 1.51. The van der Waals surface area contributed by atoms with E-state index >= 15 is 0 Å². The second kappa shape index (κ2) is 6.88. The molecule has 6 nitrogen and oxygen atoms in total. The monoisotopic (exact) mass is 275 g/mol. The van der Waals surface area contributed by atoms with Crippen LogP contribution in [-0.4, -0.2) is 37.1 Å². The summed E-state index contributed by atoms with van der Waals surface area (Å²) in [6.07, 6.45) is 9.42. The number of amides is 1. The Hall–Kier alpha value is -2.11. The van der Waals surface area contributed by atoms with Gasteiger partial charge in [-0.25, -0.2) is 4.98 Å². The molecule has 0 bridgehead atoms. The van der Waals surface area contributed by atoms with Crippen molar-refractivity contribution in [2.45, 2.75) is 32.7 Å². The molecule has 2 aromatic rings. The Morgan fingerprint density at radius 1 is 1.50 bits per heavy atom. The van der Waals surface area contributed by atoms with Crippen LogP contribution >= 0.6 is 0 Å². The number of aromatic amines is 1. The fraction of sp³-hybridized carbons (Fsp3) is 0.500. The molecule has 2 aromatic heterocycles. The van der Waals surface area contributed by atoms with Crippen molar-refractivity contribution >= 4 is 5.91 Å². The molecule has 0 aliphatic rings. The first-order valence-corrected chi connectivity index (χ1v) is 6.92. The first kappa shape index (κ1) is 14.3. The van der Waals surface area contributed by atoms with E-state index in [-0.39, 0.29) is 5.91 Å². The summed E-state index contributed by atoms with van der Waals surface area (Å²) in [4.78, 5) is 18.5. The number of carbonyl (C=O) groups excluding carboxylic acids is 1. The van der Waals surface area contributed by atoms with Gasteiger partial charge in [0.25, 0.3) is 0 Å². The second-order valence-corrected chi connectivity index (χ2v) is 4.88. The van der Waals surface area contributed by atoms with Gasteiger partial charge >= 0.3 is 0 Å². The average molecular weight is 275 g/mol. The van der Waals surface area contributed by atoms with E-state index in [9.17, 15) is 4.79 Å².